The van der Waals surface area contributed by atoms with Crippen molar-refractivity contribution >= 4 is 22.9 Å². The van der Waals surface area contributed by atoms with E-state index in [4.69, 9.17) is 17.3 Å². The summed E-state index contributed by atoms with van der Waals surface area (Å²) in [6.07, 6.45) is -0.584. The van der Waals surface area contributed by atoms with Crippen LogP contribution in [0.15, 0.2) is 5.38 Å². The van der Waals surface area contributed by atoms with Crippen molar-refractivity contribution in [3.05, 3.63) is 20.8 Å². The third-order valence-corrected chi connectivity index (χ3v) is 4.42. The molecule has 1 aliphatic rings. The van der Waals surface area contributed by atoms with E-state index in [0.29, 0.717) is 9.90 Å². The molecule has 0 atom stereocenters. The first-order valence-corrected chi connectivity index (χ1v) is 5.51. The Morgan fingerprint density at radius 1 is 1.50 bits per heavy atom. The number of halogens is 3. The molecule has 14 heavy (non-hydrogen) atoms. The predicted molar refractivity (Wildman–Crippen MR) is 54.1 cm³/mol. The lowest BCUT2D eigenvalue weighted by molar-refractivity contribution is -0.123. The van der Waals surface area contributed by atoms with E-state index in [1.54, 1.807) is 0 Å². The van der Waals surface area contributed by atoms with E-state index in [9.17, 15) is 8.78 Å². The maximum atomic E-state index is 12.7. The first-order valence-electron chi connectivity index (χ1n) is 4.25. The third kappa shape index (κ3) is 1.45. The quantitative estimate of drug-likeness (QED) is 0.797. The monoisotopic (exact) mass is 237 g/mol. The lowest BCUT2D eigenvalue weighted by atomic mass is 9.73. The second-order valence-electron chi connectivity index (χ2n) is 3.93. The Morgan fingerprint density at radius 3 is 2.43 bits per heavy atom. The molecule has 0 unspecified atom stereocenters. The van der Waals surface area contributed by atoms with E-state index in [1.807, 2.05) is 12.3 Å². The van der Waals surface area contributed by atoms with Gasteiger partial charge in [-0.1, -0.05) is 11.6 Å². The number of alkyl halides is 2. The van der Waals surface area contributed by atoms with Crippen LogP contribution >= 0.6 is 22.9 Å². The molecule has 0 saturated heterocycles. The number of aryl methyl sites for hydroxylation is 1. The largest absolute Gasteiger partial charge is 0.320 e. The van der Waals surface area contributed by atoms with Gasteiger partial charge in [-0.25, -0.2) is 8.78 Å². The van der Waals surface area contributed by atoms with E-state index in [1.165, 1.54) is 11.3 Å². The van der Waals surface area contributed by atoms with E-state index < -0.39 is 11.5 Å². The van der Waals surface area contributed by atoms with Crippen LogP contribution in [-0.2, 0) is 5.54 Å². The fourth-order valence-electron chi connectivity index (χ4n) is 1.80. The van der Waals surface area contributed by atoms with Crippen molar-refractivity contribution in [1.82, 2.24) is 0 Å². The maximum absolute atomic E-state index is 12.7. The van der Waals surface area contributed by atoms with Gasteiger partial charge in [-0.3, -0.25) is 0 Å². The van der Waals surface area contributed by atoms with Crippen molar-refractivity contribution in [2.75, 3.05) is 0 Å². The van der Waals surface area contributed by atoms with Crippen LogP contribution in [0.25, 0.3) is 0 Å². The average molecular weight is 238 g/mol. The molecule has 1 heterocycles. The van der Waals surface area contributed by atoms with Gasteiger partial charge in [-0.2, -0.15) is 0 Å². The van der Waals surface area contributed by atoms with Gasteiger partial charge in [0.05, 0.1) is 10.6 Å². The number of thiophene rings is 1. The summed E-state index contributed by atoms with van der Waals surface area (Å²) in [6, 6.07) is 0. The number of hydrogen-bond donors (Lipinski definition) is 1. The molecule has 0 spiro atoms. The van der Waals surface area contributed by atoms with E-state index in [-0.39, 0.29) is 12.8 Å². The molecule has 0 amide bonds. The van der Waals surface area contributed by atoms with Crippen molar-refractivity contribution in [2.24, 2.45) is 5.73 Å². The highest BCUT2D eigenvalue weighted by atomic mass is 35.5. The molecule has 1 aromatic heterocycles. The fraction of sp³-hybridized carbons (Fsp3) is 0.556. The van der Waals surface area contributed by atoms with Crippen LogP contribution in [0, 0.1) is 6.92 Å². The van der Waals surface area contributed by atoms with E-state index >= 15 is 0 Å². The Kier molecular flexibility index (Phi) is 2.14. The van der Waals surface area contributed by atoms with Gasteiger partial charge in [0.2, 0.25) is 0 Å². The lowest BCUT2D eigenvalue weighted by Gasteiger charge is -2.44. The molecule has 1 saturated carbocycles. The summed E-state index contributed by atoms with van der Waals surface area (Å²) < 4.78 is 25.5. The number of rotatable bonds is 1. The summed E-state index contributed by atoms with van der Waals surface area (Å²) in [7, 11) is 0. The van der Waals surface area contributed by atoms with Gasteiger partial charge in [0, 0.05) is 17.7 Å². The molecule has 1 nitrogen and oxygen atoms in total. The summed E-state index contributed by atoms with van der Waals surface area (Å²) >= 11 is 7.35. The second-order valence-corrected chi connectivity index (χ2v) is 5.19. The number of hydrogen-bond acceptors (Lipinski definition) is 2. The highest BCUT2D eigenvalue weighted by Crippen LogP contribution is 2.53. The molecule has 5 heteroatoms. The molecule has 1 fully saturated rings. The molecule has 2 N–H and O–H groups in total. The fourth-order valence-corrected chi connectivity index (χ4v) is 3.29. The van der Waals surface area contributed by atoms with Crippen molar-refractivity contribution in [2.45, 2.75) is 31.2 Å². The van der Waals surface area contributed by atoms with Gasteiger partial charge in [0.25, 0.3) is 5.92 Å². The Morgan fingerprint density at radius 2 is 2.07 bits per heavy atom. The summed E-state index contributed by atoms with van der Waals surface area (Å²) in [5.74, 6) is -2.62. The molecular weight excluding hydrogens is 228 g/mol. The normalized spacial score (nSPS) is 23.2. The van der Waals surface area contributed by atoms with Crippen LogP contribution < -0.4 is 5.73 Å². The van der Waals surface area contributed by atoms with Crippen molar-refractivity contribution in [1.29, 1.82) is 0 Å². The van der Waals surface area contributed by atoms with E-state index in [0.717, 1.165) is 5.56 Å². The van der Waals surface area contributed by atoms with Gasteiger partial charge in [0.15, 0.2) is 0 Å². The molecule has 0 bridgehead atoms. The van der Waals surface area contributed by atoms with Crippen LogP contribution in [0.3, 0.4) is 0 Å². The van der Waals surface area contributed by atoms with Crippen molar-refractivity contribution in [3.8, 4) is 0 Å². The lowest BCUT2D eigenvalue weighted by Crippen LogP contribution is -2.55. The zero-order valence-corrected chi connectivity index (χ0v) is 9.18. The zero-order valence-electron chi connectivity index (χ0n) is 7.61. The predicted octanol–water partition coefficient (Wildman–Crippen LogP) is 3.29. The third-order valence-electron chi connectivity index (χ3n) is 2.50. The summed E-state index contributed by atoms with van der Waals surface area (Å²) in [6.45, 7) is 1.85. The molecule has 78 valence electrons. The minimum atomic E-state index is -2.62. The molecule has 0 aromatic carbocycles. The topological polar surface area (TPSA) is 26.0 Å². The van der Waals surface area contributed by atoms with Crippen LogP contribution in [0.2, 0.25) is 5.02 Å². The molecular formula is C9H10ClF2NS. The zero-order chi connectivity index (χ0) is 10.6. The molecule has 2 rings (SSSR count). The first kappa shape index (κ1) is 10.3. The van der Waals surface area contributed by atoms with Crippen LogP contribution in [-0.4, -0.2) is 5.92 Å². The minimum absolute atomic E-state index is 0.292. The van der Waals surface area contributed by atoms with Gasteiger partial charge < -0.3 is 5.73 Å². The van der Waals surface area contributed by atoms with Crippen molar-refractivity contribution in [3.63, 3.8) is 0 Å². The van der Waals surface area contributed by atoms with E-state index in [2.05, 4.69) is 0 Å². The molecule has 1 aromatic rings. The summed E-state index contributed by atoms with van der Waals surface area (Å²) in [4.78, 5) is 0.697. The summed E-state index contributed by atoms with van der Waals surface area (Å²) in [5, 5.41) is 2.40. The smallest absolute Gasteiger partial charge is 0.252 e. The van der Waals surface area contributed by atoms with Gasteiger partial charge in [-0.15, -0.1) is 11.3 Å². The van der Waals surface area contributed by atoms with Crippen LogP contribution in [0.4, 0.5) is 8.78 Å². The molecule has 0 aliphatic heterocycles. The first-order chi connectivity index (χ1) is 6.34. The molecule has 0 radical (unpaired) electrons. The van der Waals surface area contributed by atoms with Gasteiger partial charge in [0.1, 0.15) is 0 Å². The highest BCUT2D eigenvalue weighted by Gasteiger charge is 2.56. The summed E-state index contributed by atoms with van der Waals surface area (Å²) in [5.41, 5.74) is 5.87. The minimum Gasteiger partial charge on any atom is -0.320 e. The Labute approximate surface area is 89.9 Å². The van der Waals surface area contributed by atoms with Crippen molar-refractivity contribution < 1.29 is 8.78 Å². The standard InChI is InChI=1S/C9H10ClF2NS/c1-5-2-14-7(6(5)10)8(13)3-9(11,12)4-8/h2H,3-4,13H2,1H3. The van der Waals surface area contributed by atoms with Gasteiger partial charge in [-0.05, 0) is 17.9 Å². The Balaban J connectivity index is 2.29. The van der Waals surface area contributed by atoms with Crippen LogP contribution in [0.5, 0.6) is 0 Å². The Bertz CT molecular complexity index is 367. The molecule has 1 aliphatic carbocycles. The Hall–Kier alpha value is -0.190. The van der Waals surface area contributed by atoms with Gasteiger partial charge >= 0.3 is 0 Å². The maximum Gasteiger partial charge on any atom is 0.252 e. The average Bonchev–Trinajstić information content (AvgIpc) is 2.29. The SMILES string of the molecule is Cc1csc(C2(N)CC(F)(F)C2)c1Cl. The second kappa shape index (κ2) is 2.90. The number of nitrogens with two attached hydrogens (primary N) is 1. The van der Waals surface area contributed by atoms with Crippen LogP contribution in [0.1, 0.15) is 23.3 Å². The highest BCUT2D eigenvalue weighted by molar-refractivity contribution is 7.11.